The fraction of sp³-hybridized carbons (Fsp3) is 0.750. The molecule has 2 N–H and O–H groups in total. The summed E-state index contributed by atoms with van der Waals surface area (Å²) >= 11 is 0. The quantitative estimate of drug-likeness (QED) is 0.154. The van der Waals surface area contributed by atoms with Gasteiger partial charge in [0.15, 0.2) is 5.78 Å². The maximum Gasteiger partial charge on any atom is 0.329 e. The molecule has 66 heavy (non-hydrogen) atoms. The largest absolute Gasteiger partial charge is 0.460 e. The Balaban J connectivity index is 1.72. The van der Waals surface area contributed by atoms with E-state index in [9.17, 15) is 34.2 Å². The molecular weight excluding hydrogens is 847 g/mol. The lowest BCUT2D eigenvalue weighted by Gasteiger charge is -2.44. The molecule has 1 saturated carbocycles. The summed E-state index contributed by atoms with van der Waals surface area (Å²) < 4.78 is 35.8. The van der Waals surface area contributed by atoms with Crippen molar-refractivity contribution in [2.24, 2.45) is 35.5 Å². The van der Waals surface area contributed by atoms with Gasteiger partial charge in [0.05, 0.1) is 24.4 Å². The Morgan fingerprint density at radius 2 is 1.56 bits per heavy atom. The Labute approximate surface area is 393 Å². The molecule has 2 bridgehead atoms. The minimum absolute atomic E-state index is 0.0307. The maximum absolute atomic E-state index is 14.5. The molecule has 3 heterocycles. The number of nitrogens with zero attached hydrogens (tertiary/aromatic N) is 1. The summed E-state index contributed by atoms with van der Waals surface area (Å²) in [6.07, 6.45) is 12.1. The number of piperidine rings is 1. The summed E-state index contributed by atoms with van der Waals surface area (Å²) in [6.45, 7) is 13.1. The van der Waals surface area contributed by atoms with Crippen molar-refractivity contribution in [2.45, 2.75) is 180 Å². The molecule has 0 radical (unpaired) electrons. The van der Waals surface area contributed by atoms with Gasteiger partial charge >= 0.3 is 5.97 Å². The third-order valence-electron chi connectivity index (χ3n) is 14.7. The molecule has 0 aromatic heterocycles. The topological polar surface area (TPSA) is 184 Å². The number of amides is 1. The van der Waals surface area contributed by atoms with Gasteiger partial charge in [0.2, 0.25) is 5.79 Å². The molecule has 4 aliphatic rings. The van der Waals surface area contributed by atoms with E-state index in [0.717, 1.165) is 12.0 Å². The molecule has 0 unspecified atom stereocenters. The second-order valence-electron chi connectivity index (χ2n) is 19.8. The van der Waals surface area contributed by atoms with E-state index in [-0.39, 0.29) is 60.9 Å². The van der Waals surface area contributed by atoms with E-state index in [1.54, 1.807) is 34.1 Å². The average Bonchev–Trinajstić information content (AvgIpc) is 3.30. The Morgan fingerprint density at radius 1 is 0.833 bits per heavy atom. The monoisotopic (exact) mass is 928 g/mol. The first-order chi connectivity index (χ1) is 31.3. The van der Waals surface area contributed by atoms with Gasteiger partial charge in [-0.15, -0.1) is 0 Å². The van der Waals surface area contributed by atoms with Crippen LogP contribution in [-0.2, 0) is 52.4 Å². The molecule has 1 aliphatic carbocycles. The van der Waals surface area contributed by atoms with Crippen molar-refractivity contribution in [1.29, 1.82) is 0 Å². The molecular formula is C52H81NO13. The van der Waals surface area contributed by atoms with E-state index in [2.05, 4.69) is 0 Å². The van der Waals surface area contributed by atoms with Crippen LogP contribution in [0.1, 0.15) is 126 Å². The number of hydrogen-bond acceptors (Lipinski definition) is 13. The van der Waals surface area contributed by atoms with Crippen LogP contribution in [0.25, 0.3) is 0 Å². The number of aliphatic hydroxyl groups excluding tert-OH is 2. The van der Waals surface area contributed by atoms with Crippen LogP contribution in [-0.4, -0.2) is 134 Å². The number of rotatable bonds is 7. The predicted octanol–water partition coefficient (Wildman–Crippen LogP) is 6.83. The number of hydrogen-bond donors (Lipinski definition) is 2. The number of esters is 1. The normalized spacial score (nSPS) is 38.7. The first-order valence-corrected chi connectivity index (χ1v) is 24.3. The zero-order valence-corrected chi connectivity index (χ0v) is 41.6. The summed E-state index contributed by atoms with van der Waals surface area (Å²) in [5.41, 5.74) is 1.32. The number of carbonyl (C=O) groups is 5. The first kappa shape index (κ1) is 55.2. The summed E-state index contributed by atoms with van der Waals surface area (Å²) in [5.74, 6) is -6.64. The molecule has 1 amide bonds. The highest BCUT2D eigenvalue weighted by Crippen LogP contribution is 2.39. The minimum Gasteiger partial charge on any atom is -0.460 e. The highest BCUT2D eigenvalue weighted by Gasteiger charge is 2.54. The van der Waals surface area contributed by atoms with Crippen LogP contribution in [0.5, 0.6) is 0 Å². The molecule has 15 atom stereocenters. The standard InChI is InChI=1S/C52H81NO13/c1-31-17-13-12-14-18-32(2)43(61-8)29-39-22-20-37(7)52(64-11,66-39)49(58)50(59)53-24-16-15-19-40(53)51(60)65-44(34(4)27-38-21-23-41(54)45(28-38)62-9)30-42(55)33(3)26-36(6)47(57)48(63-10)46(56)35(5)25-31/h12-14,17-18,26,31,33-35,37-41,43-45,47-48,54,57H,15-16,19-25,27-30H2,1-11H3/b14-12?,17-13+,32-18?,36-26+/t31-,33-,34-,35-,37-,38+,39+,40+,41-,43+,44+,45-,47-,48+,52-/m1/s1. The van der Waals surface area contributed by atoms with Crippen LogP contribution in [0, 0.1) is 35.5 Å². The third-order valence-corrected chi connectivity index (χ3v) is 14.7. The van der Waals surface area contributed by atoms with E-state index in [1.807, 2.05) is 65.0 Å². The SMILES string of the molecule is CO[C@H]1C[C@@H]2CC[C@@H](C)[C@@](OC)(O2)C(=O)C(=O)N2CCCC[C@H]2C(=O)O[C@H]([C@H](C)C[C@@H]2CC[C@@H](O)[C@H](OC)C2)CC(=O)[C@H](C)/C=C(\C)[C@@H](O)[C@@H](OC)C(=O)[C@H](C)C[C@H](C)/C=C/C=CC=C1C. The summed E-state index contributed by atoms with van der Waals surface area (Å²) in [6, 6.07) is -1.08. The molecule has 3 fully saturated rings. The molecule has 14 nitrogen and oxygen atoms in total. The van der Waals surface area contributed by atoms with E-state index >= 15 is 0 Å². The lowest BCUT2D eigenvalue weighted by atomic mass is 9.78. The fourth-order valence-corrected chi connectivity index (χ4v) is 10.4. The number of carbonyl (C=O) groups excluding carboxylic acids is 5. The van der Waals surface area contributed by atoms with Crippen molar-refractivity contribution in [3.63, 3.8) is 0 Å². The second kappa shape index (κ2) is 25.8. The Morgan fingerprint density at radius 3 is 2.23 bits per heavy atom. The predicted molar refractivity (Wildman–Crippen MR) is 250 cm³/mol. The minimum atomic E-state index is -1.89. The Bertz CT molecular complexity index is 1770. The Hall–Kier alpha value is -3.37. The van der Waals surface area contributed by atoms with Gasteiger partial charge in [-0.1, -0.05) is 71.1 Å². The number of ketones is 3. The number of Topliss-reactive ketones (excluding diaryl/α,β-unsaturated/α-hetero) is 3. The maximum atomic E-state index is 14.5. The van der Waals surface area contributed by atoms with Gasteiger partial charge in [-0.2, -0.15) is 0 Å². The lowest BCUT2D eigenvalue weighted by Crippen LogP contribution is -2.61. The average molecular weight is 928 g/mol. The number of fused-ring (bicyclic) bond motifs is 3. The van der Waals surface area contributed by atoms with Crippen molar-refractivity contribution >= 4 is 29.2 Å². The summed E-state index contributed by atoms with van der Waals surface area (Å²) in [7, 11) is 5.94. The van der Waals surface area contributed by atoms with Crippen LogP contribution in [0.4, 0.5) is 0 Å². The van der Waals surface area contributed by atoms with Crippen LogP contribution in [0.15, 0.2) is 47.6 Å². The molecule has 14 heteroatoms. The van der Waals surface area contributed by atoms with E-state index < -0.39 is 77.8 Å². The van der Waals surface area contributed by atoms with Gasteiger partial charge < -0.3 is 43.5 Å². The van der Waals surface area contributed by atoms with E-state index in [4.69, 9.17) is 28.4 Å². The molecule has 4 rings (SSSR count). The van der Waals surface area contributed by atoms with Gasteiger partial charge in [0.25, 0.3) is 11.7 Å². The zero-order valence-electron chi connectivity index (χ0n) is 41.6. The van der Waals surface area contributed by atoms with Crippen molar-refractivity contribution in [2.75, 3.05) is 35.0 Å². The van der Waals surface area contributed by atoms with Crippen LogP contribution in [0.2, 0.25) is 0 Å². The number of cyclic esters (lactones) is 1. The zero-order chi connectivity index (χ0) is 48.9. The first-order valence-electron chi connectivity index (χ1n) is 24.3. The van der Waals surface area contributed by atoms with Gasteiger partial charge in [-0.05, 0) is 107 Å². The third kappa shape index (κ3) is 14.1. The number of ether oxygens (including phenoxy) is 6. The molecule has 0 spiro atoms. The summed E-state index contributed by atoms with van der Waals surface area (Å²) in [5, 5.41) is 22.0. The van der Waals surface area contributed by atoms with E-state index in [0.29, 0.717) is 63.4 Å². The highest BCUT2D eigenvalue weighted by atomic mass is 16.7. The Kier molecular flexibility index (Phi) is 21.6. The van der Waals surface area contributed by atoms with Crippen molar-refractivity contribution in [1.82, 2.24) is 4.90 Å². The van der Waals surface area contributed by atoms with Gasteiger partial charge in [0, 0.05) is 65.6 Å². The molecule has 0 aromatic carbocycles. The number of methoxy groups -OCH3 is 4. The van der Waals surface area contributed by atoms with Crippen LogP contribution >= 0.6 is 0 Å². The van der Waals surface area contributed by atoms with Crippen molar-refractivity contribution in [3.05, 3.63) is 47.6 Å². The van der Waals surface area contributed by atoms with Gasteiger partial charge in [-0.25, -0.2) is 4.79 Å². The molecule has 2 saturated heterocycles. The van der Waals surface area contributed by atoms with Crippen molar-refractivity contribution in [3.8, 4) is 0 Å². The molecule has 372 valence electrons. The van der Waals surface area contributed by atoms with Crippen LogP contribution in [0.3, 0.4) is 0 Å². The smallest absolute Gasteiger partial charge is 0.329 e. The second-order valence-corrected chi connectivity index (χ2v) is 19.8. The van der Waals surface area contributed by atoms with Gasteiger partial charge in [0.1, 0.15) is 30.1 Å². The highest BCUT2D eigenvalue weighted by molar-refractivity contribution is 6.39. The summed E-state index contributed by atoms with van der Waals surface area (Å²) in [4.78, 5) is 72.6. The number of aliphatic hydroxyl groups is 2. The van der Waals surface area contributed by atoms with E-state index in [1.165, 1.54) is 19.1 Å². The fourth-order valence-electron chi connectivity index (χ4n) is 10.4. The lowest BCUT2D eigenvalue weighted by molar-refractivity contribution is -0.277. The molecule has 3 aliphatic heterocycles. The molecule has 0 aromatic rings. The number of allylic oxidation sites excluding steroid dienone is 6. The van der Waals surface area contributed by atoms with Gasteiger partial charge in [-0.3, -0.25) is 19.2 Å². The van der Waals surface area contributed by atoms with Crippen LogP contribution < -0.4 is 0 Å². The van der Waals surface area contributed by atoms with Crippen molar-refractivity contribution < 1.29 is 62.6 Å².